The number of nitrogens with one attached hydrogen (secondary N) is 1. The first-order chi connectivity index (χ1) is 6.34. The minimum atomic E-state index is 0.302. The Bertz CT molecular complexity index is 130. The smallest absolute Gasteiger partial charge is 0.0443 e. The number of rotatable bonds is 6. The summed E-state index contributed by atoms with van der Waals surface area (Å²) in [5.41, 5.74) is 0. The Hall–Kier alpha value is -0.120. The van der Waals surface area contributed by atoms with Crippen LogP contribution in [0.15, 0.2) is 0 Å². The highest BCUT2D eigenvalue weighted by Crippen LogP contribution is 2.16. The maximum Gasteiger partial charge on any atom is 0.0443 e. The maximum absolute atomic E-state index is 8.57. The summed E-state index contributed by atoms with van der Waals surface area (Å²) in [6, 6.07) is 0.793. The van der Waals surface area contributed by atoms with Crippen molar-refractivity contribution in [2.24, 2.45) is 0 Å². The van der Waals surface area contributed by atoms with E-state index in [9.17, 15) is 0 Å². The molecule has 1 fully saturated rings. The molecule has 1 saturated heterocycles. The van der Waals surface area contributed by atoms with Crippen LogP contribution in [0.2, 0.25) is 0 Å². The van der Waals surface area contributed by atoms with Gasteiger partial charge in [-0.25, -0.2) is 0 Å². The van der Waals surface area contributed by atoms with Crippen LogP contribution in [-0.2, 0) is 0 Å². The average Bonchev–Trinajstić information content (AvgIpc) is 2.52. The van der Waals surface area contributed by atoms with E-state index in [1.54, 1.807) is 0 Å². The molecule has 78 valence electrons. The summed E-state index contributed by atoms with van der Waals surface area (Å²) in [7, 11) is 2.21. The van der Waals surface area contributed by atoms with Crippen LogP contribution in [0.25, 0.3) is 0 Å². The van der Waals surface area contributed by atoms with Gasteiger partial charge in [0.15, 0.2) is 0 Å². The van der Waals surface area contributed by atoms with Crippen molar-refractivity contribution in [1.29, 1.82) is 0 Å². The molecule has 13 heavy (non-hydrogen) atoms. The Labute approximate surface area is 81.1 Å². The van der Waals surface area contributed by atoms with Gasteiger partial charge in [0, 0.05) is 12.6 Å². The van der Waals surface area contributed by atoms with Crippen molar-refractivity contribution in [3.05, 3.63) is 0 Å². The number of nitrogens with zero attached hydrogens (tertiary/aromatic N) is 1. The van der Waals surface area contributed by atoms with Crippen molar-refractivity contribution < 1.29 is 5.11 Å². The first-order valence-electron chi connectivity index (χ1n) is 5.36. The summed E-state index contributed by atoms with van der Waals surface area (Å²) in [4.78, 5) is 2.45. The molecule has 0 saturated carbocycles. The fourth-order valence-electron chi connectivity index (χ4n) is 1.94. The van der Waals surface area contributed by atoms with E-state index in [0.29, 0.717) is 6.61 Å². The Morgan fingerprint density at radius 1 is 1.46 bits per heavy atom. The highest BCUT2D eigenvalue weighted by Gasteiger charge is 2.19. The molecule has 0 aromatic carbocycles. The van der Waals surface area contributed by atoms with E-state index < -0.39 is 0 Å². The summed E-state index contributed by atoms with van der Waals surface area (Å²) < 4.78 is 0. The van der Waals surface area contributed by atoms with Gasteiger partial charge in [-0.05, 0) is 52.4 Å². The normalized spacial score (nSPS) is 24.0. The molecule has 0 spiro atoms. The van der Waals surface area contributed by atoms with Crippen molar-refractivity contribution in [2.75, 3.05) is 33.3 Å². The highest BCUT2D eigenvalue weighted by molar-refractivity contribution is 4.76. The number of aliphatic hydroxyl groups is 1. The Morgan fingerprint density at radius 3 is 2.92 bits per heavy atom. The molecule has 0 aliphatic carbocycles. The third-order valence-electron chi connectivity index (χ3n) is 2.84. The predicted molar refractivity (Wildman–Crippen MR) is 54.8 cm³/mol. The predicted octanol–water partition coefficient (Wildman–Crippen LogP) is 0.443. The van der Waals surface area contributed by atoms with Crippen LogP contribution in [0.3, 0.4) is 0 Å². The first kappa shape index (κ1) is 11.0. The Morgan fingerprint density at radius 2 is 2.31 bits per heavy atom. The molecule has 1 rings (SSSR count). The lowest BCUT2D eigenvalue weighted by Crippen LogP contribution is -2.29. The number of hydrogen-bond donors (Lipinski definition) is 2. The minimum Gasteiger partial charge on any atom is -0.396 e. The molecule has 1 aliphatic heterocycles. The van der Waals surface area contributed by atoms with E-state index in [1.165, 1.54) is 25.8 Å². The fourth-order valence-corrected chi connectivity index (χ4v) is 1.94. The van der Waals surface area contributed by atoms with E-state index in [0.717, 1.165) is 25.6 Å². The van der Waals surface area contributed by atoms with Crippen molar-refractivity contribution >= 4 is 0 Å². The molecule has 3 nitrogen and oxygen atoms in total. The summed E-state index contributed by atoms with van der Waals surface area (Å²) in [5, 5.41) is 11.9. The molecule has 1 atom stereocenters. The molecule has 1 unspecified atom stereocenters. The van der Waals surface area contributed by atoms with E-state index in [-0.39, 0.29) is 0 Å². The van der Waals surface area contributed by atoms with Gasteiger partial charge in [-0.1, -0.05) is 0 Å². The quantitative estimate of drug-likeness (QED) is 0.591. The molecular weight excluding hydrogens is 164 g/mol. The summed E-state index contributed by atoms with van der Waals surface area (Å²) in [5.74, 6) is 0. The van der Waals surface area contributed by atoms with E-state index in [2.05, 4.69) is 17.3 Å². The maximum atomic E-state index is 8.57. The van der Waals surface area contributed by atoms with Crippen LogP contribution < -0.4 is 5.32 Å². The van der Waals surface area contributed by atoms with Gasteiger partial charge >= 0.3 is 0 Å². The van der Waals surface area contributed by atoms with Gasteiger partial charge in [0.05, 0.1) is 0 Å². The third kappa shape index (κ3) is 4.07. The SMILES string of the molecule is CN1CCCC1CCNCCCO. The standard InChI is InChI=1S/C10H22N2O/c1-12-8-2-4-10(12)5-7-11-6-3-9-13/h10-11,13H,2-9H2,1H3. The van der Waals surface area contributed by atoms with Crippen LogP contribution in [0.4, 0.5) is 0 Å². The van der Waals surface area contributed by atoms with Crippen molar-refractivity contribution in [3.63, 3.8) is 0 Å². The highest BCUT2D eigenvalue weighted by atomic mass is 16.3. The summed E-state index contributed by atoms with van der Waals surface area (Å²) in [6.45, 7) is 3.61. The van der Waals surface area contributed by atoms with Crippen molar-refractivity contribution in [1.82, 2.24) is 10.2 Å². The van der Waals surface area contributed by atoms with Gasteiger partial charge in [-0.15, -0.1) is 0 Å². The lowest BCUT2D eigenvalue weighted by atomic mass is 10.1. The van der Waals surface area contributed by atoms with Crippen LogP contribution in [0, 0.1) is 0 Å². The number of aliphatic hydroxyl groups excluding tert-OH is 1. The van der Waals surface area contributed by atoms with Gasteiger partial charge in [0.2, 0.25) is 0 Å². The van der Waals surface area contributed by atoms with Crippen LogP contribution >= 0.6 is 0 Å². The monoisotopic (exact) mass is 186 g/mol. The second kappa shape index (κ2) is 6.35. The lowest BCUT2D eigenvalue weighted by molar-refractivity contribution is 0.278. The van der Waals surface area contributed by atoms with Crippen LogP contribution in [0.1, 0.15) is 25.7 Å². The number of hydrogen-bond acceptors (Lipinski definition) is 3. The van der Waals surface area contributed by atoms with Gasteiger partial charge in [-0.3, -0.25) is 0 Å². The number of likely N-dealkylation sites (tertiary alicyclic amines) is 1. The second-order valence-electron chi connectivity index (χ2n) is 3.89. The van der Waals surface area contributed by atoms with Gasteiger partial charge in [0.25, 0.3) is 0 Å². The molecule has 0 amide bonds. The van der Waals surface area contributed by atoms with Crippen molar-refractivity contribution in [3.8, 4) is 0 Å². The van der Waals surface area contributed by atoms with E-state index in [1.807, 2.05) is 0 Å². The topological polar surface area (TPSA) is 35.5 Å². The third-order valence-corrected chi connectivity index (χ3v) is 2.84. The van der Waals surface area contributed by atoms with Gasteiger partial charge in [-0.2, -0.15) is 0 Å². The summed E-state index contributed by atoms with van der Waals surface area (Å²) in [6.07, 6.45) is 4.85. The molecular formula is C10H22N2O. The van der Waals surface area contributed by atoms with Gasteiger partial charge < -0.3 is 15.3 Å². The lowest BCUT2D eigenvalue weighted by Gasteiger charge is -2.19. The zero-order valence-electron chi connectivity index (χ0n) is 8.63. The van der Waals surface area contributed by atoms with E-state index in [4.69, 9.17) is 5.11 Å². The molecule has 0 radical (unpaired) electrons. The van der Waals surface area contributed by atoms with Crippen LogP contribution in [0.5, 0.6) is 0 Å². The summed E-state index contributed by atoms with van der Waals surface area (Å²) >= 11 is 0. The molecule has 0 aromatic rings. The zero-order valence-corrected chi connectivity index (χ0v) is 8.63. The molecule has 0 bridgehead atoms. The molecule has 0 aromatic heterocycles. The Balaban J connectivity index is 1.93. The zero-order chi connectivity index (χ0) is 9.52. The van der Waals surface area contributed by atoms with Crippen LogP contribution in [-0.4, -0.2) is 49.3 Å². The van der Waals surface area contributed by atoms with Crippen molar-refractivity contribution in [2.45, 2.75) is 31.7 Å². The van der Waals surface area contributed by atoms with Gasteiger partial charge in [0.1, 0.15) is 0 Å². The second-order valence-corrected chi connectivity index (χ2v) is 3.89. The molecule has 1 heterocycles. The average molecular weight is 186 g/mol. The molecule has 3 heteroatoms. The fraction of sp³-hybridized carbons (Fsp3) is 1.00. The molecule has 2 N–H and O–H groups in total. The largest absolute Gasteiger partial charge is 0.396 e. The minimum absolute atomic E-state index is 0.302. The molecule has 1 aliphatic rings. The van der Waals surface area contributed by atoms with E-state index >= 15 is 0 Å². The Kier molecular flexibility index (Phi) is 5.35. The first-order valence-corrected chi connectivity index (χ1v) is 5.36.